The van der Waals surface area contributed by atoms with E-state index in [1.807, 2.05) is 79.7 Å². The normalized spacial score (nSPS) is 17.6. The Hall–Kier alpha value is -5.37. The zero-order valence-corrected chi connectivity index (χ0v) is 23.8. The van der Waals surface area contributed by atoms with Gasteiger partial charge in [0.2, 0.25) is 0 Å². The van der Waals surface area contributed by atoms with Crippen LogP contribution in [0.5, 0.6) is 5.75 Å². The van der Waals surface area contributed by atoms with Crippen LogP contribution in [0.3, 0.4) is 0 Å². The van der Waals surface area contributed by atoms with E-state index in [0.29, 0.717) is 30.0 Å². The van der Waals surface area contributed by atoms with Gasteiger partial charge in [0.15, 0.2) is 0 Å². The lowest BCUT2D eigenvalue weighted by Gasteiger charge is -2.36. The molecule has 214 valence electrons. The second kappa shape index (κ2) is 10.5. The summed E-state index contributed by atoms with van der Waals surface area (Å²) in [6.07, 6.45) is 0.409. The molecule has 4 amide bonds. The Morgan fingerprint density at radius 1 is 0.930 bits per heavy atom. The summed E-state index contributed by atoms with van der Waals surface area (Å²) in [7, 11) is 1.61. The fourth-order valence-corrected chi connectivity index (χ4v) is 6.20. The Morgan fingerprint density at radius 3 is 2.37 bits per heavy atom. The van der Waals surface area contributed by atoms with Crippen LogP contribution in [0.1, 0.15) is 44.3 Å². The van der Waals surface area contributed by atoms with E-state index in [9.17, 15) is 14.4 Å². The fraction of sp³-hybridized carbons (Fsp3) is 0.171. The highest BCUT2D eigenvalue weighted by atomic mass is 16.5. The zero-order chi connectivity index (χ0) is 29.7. The topological polar surface area (TPSA) is 94.7 Å². The van der Waals surface area contributed by atoms with E-state index in [-0.39, 0.29) is 11.8 Å². The largest absolute Gasteiger partial charge is 0.497 e. The lowest BCUT2D eigenvalue weighted by atomic mass is 9.89. The Labute approximate surface area is 248 Å². The minimum absolute atomic E-state index is 0.228. The van der Waals surface area contributed by atoms with Gasteiger partial charge in [-0.25, -0.2) is 9.69 Å². The van der Waals surface area contributed by atoms with Gasteiger partial charge >= 0.3 is 6.03 Å². The molecule has 0 radical (unpaired) electrons. The maximum atomic E-state index is 14.1. The number of hydrogen-bond acceptors (Lipinski definition) is 4. The van der Waals surface area contributed by atoms with Crippen LogP contribution in [-0.4, -0.2) is 40.9 Å². The summed E-state index contributed by atoms with van der Waals surface area (Å²) in [6, 6.07) is 28.7. The summed E-state index contributed by atoms with van der Waals surface area (Å²) >= 11 is 0. The molecule has 1 saturated heterocycles. The summed E-state index contributed by atoms with van der Waals surface area (Å²) in [5, 5.41) is 3.98. The smallest absolute Gasteiger partial charge is 0.332 e. The first-order valence-corrected chi connectivity index (χ1v) is 14.3. The molecule has 8 heteroatoms. The van der Waals surface area contributed by atoms with Crippen LogP contribution in [0.2, 0.25) is 0 Å². The third-order valence-corrected chi connectivity index (χ3v) is 8.44. The van der Waals surface area contributed by atoms with E-state index in [0.717, 1.165) is 38.9 Å². The van der Waals surface area contributed by atoms with Gasteiger partial charge in [0.05, 0.1) is 12.8 Å². The van der Waals surface area contributed by atoms with Crippen LogP contribution in [0.25, 0.3) is 10.9 Å². The minimum atomic E-state index is -0.663. The maximum Gasteiger partial charge on any atom is 0.332 e. The van der Waals surface area contributed by atoms with E-state index in [4.69, 9.17) is 4.74 Å². The molecule has 3 heterocycles. The highest BCUT2D eigenvalue weighted by Crippen LogP contribution is 2.45. The first-order valence-electron chi connectivity index (χ1n) is 14.3. The Balaban J connectivity index is 1.19. The lowest BCUT2D eigenvalue weighted by molar-refractivity contribution is -0.120. The molecule has 0 aliphatic carbocycles. The Morgan fingerprint density at radius 2 is 1.65 bits per heavy atom. The number of methoxy groups -OCH3 is 1. The number of benzene rings is 4. The van der Waals surface area contributed by atoms with E-state index >= 15 is 0 Å². The molecule has 2 N–H and O–H groups in total. The summed E-state index contributed by atoms with van der Waals surface area (Å²) < 4.78 is 5.36. The lowest BCUT2D eigenvalue weighted by Crippen LogP contribution is -2.44. The van der Waals surface area contributed by atoms with Crippen molar-refractivity contribution in [3.05, 3.63) is 131 Å². The van der Waals surface area contributed by atoms with Crippen molar-refractivity contribution in [3.63, 3.8) is 0 Å². The number of aryl methyl sites for hydroxylation is 1. The molecular formula is C35H30N4O4. The molecule has 2 aliphatic rings. The third-order valence-electron chi connectivity index (χ3n) is 8.44. The van der Waals surface area contributed by atoms with Crippen LogP contribution < -0.4 is 15.0 Å². The number of aromatic amines is 1. The summed E-state index contributed by atoms with van der Waals surface area (Å²) in [5.74, 6) is 0.200. The molecule has 5 aromatic rings. The van der Waals surface area contributed by atoms with E-state index in [1.54, 1.807) is 36.3 Å². The number of nitrogens with one attached hydrogen (secondary N) is 2. The summed E-state index contributed by atoms with van der Waals surface area (Å²) in [5.41, 5.74) is 6.84. The average molecular weight is 571 g/mol. The van der Waals surface area contributed by atoms with Gasteiger partial charge in [0.25, 0.3) is 11.8 Å². The van der Waals surface area contributed by atoms with Gasteiger partial charge in [-0.1, -0.05) is 60.2 Å². The molecule has 1 aromatic heterocycles. The van der Waals surface area contributed by atoms with Crippen LogP contribution in [-0.2, 0) is 17.8 Å². The molecule has 1 fully saturated rings. The first-order chi connectivity index (χ1) is 20.9. The molecule has 4 aromatic carbocycles. The molecule has 7 rings (SSSR count). The number of H-pyrrole nitrogens is 1. The standard InChI is InChI=1S/C35H30N4O4/c1-21-7-9-22(10-8-21)20-36-33(40)24-11-15-25(16-12-24)38-34(41)30-19-28-27-5-3-4-6-29(27)37-31(28)32(39(30)35(38)42)23-13-17-26(43-2)18-14-23/h3-18,30,32,37H,19-20H2,1-2H3,(H,36,40)/t30-,32-/m0/s1. The van der Waals surface area contributed by atoms with Crippen molar-refractivity contribution in [3.8, 4) is 5.75 Å². The van der Waals surface area contributed by atoms with Gasteiger partial charge in [0, 0.05) is 35.1 Å². The predicted octanol–water partition coefficient (Wildman–Crippen LogP) is 5.90. The van der Waals surface area contributed by atoms with Gasteiger partial charge in [-0.05, 0) is 66.1 Å². The highest BCUT2D eigenvalue weighted by Gasteiger charge is 2.53. The van der Waals surface area contributed by atoms with Gasteiger partial charge in [-0.3, -0.25) is 14.5 Å². The number of aromatic nitrogens is 1. The second-order valence-corrected chi connectivity index (χ2v) is 11.0. The molecular weight excluding hydrogens is 540 g/mol. The monoisotopic (exact) mass is 570 g/mol. The Kier molecular flexibility index (Phi) is 6.46. The number of imide groups is 1. The van der Waals surface area contributed by atoms with Crippen molar-refractivity contribution in [2.75, 3.05) is 12.0 Å². The number of carbonyl (C=O) groups is 3. The second-order valence-electron chi connectivity index (χ2n) is 11.0. The number of amides is 4. The number of rotatable bonds is 6. The molecule has 2 aliphatic heterocycles. The zero-order valence-electron chi connectivity index (χ0n) is 23.8. The molecule has 2 atom stereocenters. The van der Waals surface area contributed by atoms with Crippen LogP contribution in [0.15, 0.2) is 97.1 Å². The molecule has 43 heavy (non-hydrogen) atoms. The SMILES string of the molecule is COc1ccc([C@H]2c3[nH]c4ccccc4c3C[C@H]3C(=O)N(c4ccc(C(=O)NCc5ccc(C)cc5)cc4)C(=O)N23)cc1. The number of para-hydroxylation sites is 1. The van der Waals surface area contributed by atoms with Crippen LogP contribution in [0, 0.1) is 6.92 Å². The summed E-state index contributed by atoms with van der Waals surface area (Å²) in [6.45, 7) is 2.42. The van der Waals surface area contributed by atoms with Gasteiger partial charge < -0.3 is 15.0 Å². The number of fused-ring (bicyclic) bond motifs is 4. The summed E-state index contributed by atoms with van der Waals surface area (Å²) in [4.78, 5) is 47.3. The van der Waals surface area contributed by atoms with Crippen molar-refractivity contribution in [1.29, 1.82) is 0 Å². The number of anilines is 1. The quantitative estimate of drug-likeness (QED) is 0.249. The van der Waals surface area contributed by atoms with Crippen LogP contribution in [0.4, 0.5) is 10.5 Å². The van der Waals surface area contributed by atoms with Crippen molar-refractivity contribution in [2.24, 2.45) is 0 Å². The van der Waals surface area contributed by atoms with Crippen molar-refractivity contribution < 1.29 is 19.1 Å². The molecule has 0 bridgehead atoms. The molecule has 0 saturated carbocycles. The molecule has 0 unspecified atom stereocenters. The van der Waals surface area contributed by atoms with Gasteiger partial charge in [-0.2, -0.15) is 0 Å². The van der Waals surface area contributed by atoms with Crippen molar-refractivity contribution in [2.45, 2.75) is 32.0 Å². The predicted molar refractivity (Wildman–Crippen MR) is 164 cm³/mol. The third kappa shape index (κ3) is 4.52. The van der Waals surface area contributed by atoms with Crippen molar-refractivity contribution >= 4 is 34.4 Å². The van der Waals surface area contributed by atoms with Gasteiger partial charge in [-0.15, -0.1) is 0 Å². The highest BCUT2D eigenvalue weighted by molar-refractivity contribution is 6.22. The van der Waals surface area contributed by atoms with E-state index in [1.165, 1.54) is 4.90 Å². The maximum absolute atomic E-state index is 14.1. The Bertz CT molecular complexity index is 1860. The average Bonchev–Trinajstić information content (AvgIpc) is 3.53. The fourth-order valence-electron chi connectivity index (χ4n) is 6.20. The number of ether oxygens (including phenoxy) is 1. The van der Waals surface area contributed by atoms with E-state index in [2.05, 4.69) is 10.3 Å². The van der Waals surface area contributed by atoms with Crippen LogP contribution >= 0.6 is 0 Å². The molecule has 0 spiro atoms. The minimum Gasteiger partial charge on any atom is -0.497 e. The number of carbonyl (C=O) groups excluding carboxylic acids is 3. The van der Waals surface area contributed by atoms with Crippen molar-refractivity contribution in [1.82, 2.24) is 15.2 Å². The number of nitrogens with zero attached hydrogens (tertiary/aromatic N) is 2. The molecule has 8 nitrogen and oxygen atoms in total. The number of hydrogen-bond donors (Lipinski definition) is 2. The van der Waals surface area contributed by atoms with E-state index < -0.39 is 18.1 Å². The van der Waals surface area contributed by atoms with Gasteiger partial charge in [0.1, 0.15) is 17.8 Å². The number of urea groups is 1. The first kappa shape index (κ1) is 26.5.